The smallest absolute Gasteiger partial charge is 0.305 e. The van der Waals surface area contributed by atoms with Crippen LogP contribution in [0, 0.1) is 0 Å². The standard InChI is InChI=1S/C13H15NO4/c1-17-11-4-2-9(3-5-11)6-12-14-10(8-18-12)7-13(15)16/h2-5,10H,6-8H2,1H3,(H,15,16). The molecule has 0 saturated carbocycles. The van der Waals surface area contributed by atoms with Crippen molar-refractivity contribution in [3.63, 3.8) is 0 Å². The second kappa shape index (κ2) is 5.53. The lowest BCUT2D eigenvalue weighted by Crippen LogP contribution is -2.12. The summed E-state index contributed by atoms with van der Waals surface area (Å²) in [6, 6.07) is 7.37. The lowest BCUT2D eigenvalue weighted by Gasteiger charge is -2.03. The third kappa shape index (κ3) is 3.23. The molecule has 1 aromatic rings. The summed E-state index contributed by atoms with van der Waals surface area (Å²) in [4.78, 5) is 14.8. The molecule has 5 nitrogen and oxygen atoms in total. The van der Waals surface area contributed by atoms with Gasteiger partial charge in [0.2, 0.25) is 0 Å². The fourth-order valence-corrected chi connectivity index (χ4v) is 1.79. The van der Waals surface area contributed by atoms with Gasteiger partial charge in [0.05, 0.1) is 19.6 Å². The van der Waals surface area contributed by atoms with Gasteiger partial charge in [-0.25, -0.2) is 4.99 Å². The number of carboxylic acid groups (broad SMARTS) is 1. The first-order valence-corrected chi connectivity index (χ1v) is 5.71. The van der Waals surface area contributed by atoms with Crippen molar-refractivity contribution in [3.05, 3.63) is 29.8 Å². The van der Waals surface area contributed by atoms with E-state index in [0.29, 0.717) is 18.9 Å². The monoisotopic (exact) mass is 249 g/mol. The maximum atomic E-state index is 10.6. The van der Waals surface area contributed by atoms with Gasteiger partial charge in [-0.05, 0) is 17.7 Å². The molecule has 1 aromatic carbocycles. The SMILES string of the molecule is COc1ccc(CC2=NC(CC(=O)O)CO2)cc1. The first-order valence-electron chi connectivity index (χ1n) is 5.71. The quantitative estimate of drug-likeness (QED) is 0.858. The van der Waals surface area contributed by atoms with Gasteiger partial charge in [-0.1, -0.05) is 12.1 Å². The molecule has 1 N–H and O–H groups in total. The molecule has 0 bridgehead atoms. The van der Waals surface area contributed by atoms with E-state index in [-0.39, 0.29) is 12.5 Å². The van der Waals surface area contributed by atoms with Crippen LogP contribution >= 0.6 is 0 Å². The molecule has 0 fully saturated rings. The van der Waals surface area contributed by atoms with Gasteiger partial charge < -0.3 is 14.6 Å². The van der Waals surface area contributed by atoms with Crippen molar-refractivity contribution >= 4 is 11.9 Å². The molecule has 0 aromatic heterocycles. The number of aliphatic carboxylic acids is 1. The fraction of sp³-hybridized carbons (Fsp3) is 0.385. The zero-order valence-electron chi connectivity index (χ0n) is 10.1. The predicted molar refractivity (Wildman–Crippen MR) is 66.1 cm³/mol. The molecule has 1 atom stereocenters. The van der Waals surface area contributed by atoms with Gasteiger partial charge in [0, 0.05) is 6.42 Å². The van der Waals surface area contributed by atoms with Crippen LogP contribution in [0.5, 0.6) is 5.75 Å². The highest BCUT2D eigenvalue weighted by Gasteiger charge is 2.21. The van der Waals surface area contributed by atoms with Crippen LogP contribution in [0.1, 0.15) is 12.0 Å². The second-order valence-electron chi connectivity index (χ2n) is 4.11. The van der Waals surface area contributed by atoms with Crippen LogP contribution in [0.2, 0.25) is 0 Å². The molecule has 0 saturated heterocycles. The average molecular weight is 249 g/mol. The van der Waals surface area contributed by atoms with E-state index in [2.05, 4.69) is 4.99 Å². The Morgan fingerprint density at radius 2 is 2.22 bits per heavy atom. The molecule has 2 rings (SSSR count). The molecule has 5 heteroatoms. The van der Waals surface area contributed by atoms with Crippen molar-refractivity contribution < 1.29 is 19.4 Å². The van der Waals surface area contributed by atoms with E-state index in [1.807, 2.05) is 24.3 Å². The van der Waals surface area contributed by atoms with Crippen molar-refractivity contribution in [1.29, 1.82) is 0 Å². The maximum absolute atomic E-state index is 10.6. The molecule has 96 valence electrons. The third-order valence-electron chi connectivity index (χ3n) is 2.69. The lowest BCUT2D eigenvalue weighted by atomic mass is 10.1. The number of benzene rings is 1. The Bertz CT molecular complexity index is 453. The highest BCUT2D eigenvalue weighted by atomic mass is 16.5. The van der Waals surface area contributed by atoms with Crippen molar-refractivity contribution in [2.45, 2.75) is 18.9 Å². The topological polar surface area (TPSA) is 68.1 Å². The molecule has 0 radical (unpaired) electrons. The van der Waals surface area contributed by atoms with Crippen LogP contribution in [0.3, 0.4) is 0 Å². The first-order chi connectivity index (χ1) is 8.67. The Morgan fingerprint density at radius 1 is 1.50 bits per heavy atom. The van der Waals surface area contributed by atoms with E-state index in [1.165, 1.54) is 0 Å². The summed E-state index contributed by atoms with van der Waals surface area (Å²) >= 11 is 0. The number of aliphatic imine (C=N–C) groups is 1. The average Bonchev–Trinajstić information content (AvgIpc) is 2.76. The number of hydrogen-bond donors (Lipinski definition) is 1. The van der Waals surface area contributed by atoms with Gasteiger partial charge in [-0.15, -0.1) is 0 Å². The molecule has 1 heterocycles. The van der Waals surface area contributed by atoms with E-state index < -0.39 is 5.97 Å². The Kier molecular flexibility index (Phi) is 3.82. The number of carboxylic acids is 1. The normalized spacial score (nSPS) is 18.1. The highest BCUT2D eigenvalue weighted by Crippen LogP contribution is 2.15. The van der Waals surface area contributed by atoms with Crippen molar-refractivity contribution in [1.82, 2.24) is 0 Å². The molecule has 0 aliphatic carbocycles. The fourth-order valence-electron chi connectivity index (χ4n) is 1.79. The summed E-state index contributed by atoms with van der Waals surface area (Å²) < 4.78 is 10.5. The Balaban J connectivity index is 1.95. The van der Waals surface area contributed by atoms with E-state index in [1.54, 1.807) is 7.11 Å². The Labute approximate surface area is 105 Å². The van der Waals surface area contributed by atoms with Gasteiger partial charge in [-0.2, -0.15) is 0 Å². The summed E-state index contributed by atoms with van der Waals surface area (Å²) in [6.45, 7) is 0.359. The van der Waals surface area contributed by atoms with Crippen LogP contribution < -0.4 is 4.74 Å². The number of ether oxygens (including phenoxy) is 2. The van der Waals surface area contributed by atoms with E-state index in [4.69, 9.17) is 14.6 Å². The van der Waals surface area contributed by atoms with Crippen molar-refractivity contribution in [2.24, 2.45) is 4.99 Å². The van der Waals surface area contributed by atoms with Crippen molar-refractivity contribution in [3.8, 4) is 5.75 Å². The summed E-state index contributed by atoms with van der Waals surface area (Å²) in [6.07, 6.45) is 0.603. The lowest BCUT2D eigenvalue weighted by molar-refractivity contribution is -0.137. The van der Waals surface area contributed by atoms with Gasteiger partial charge in [-0.3, -0.25) is 4.79 Å². The first kappa shape index (κ1) is 12.4. The van der Waals surface area contributed by atoms with Crippen LogP contribution in [-0.4, -0.2) is 36.7 Å². The predicted octanol–water partition coefficient (Wildman–Crippen LogP) is 1.51. The second-order valence-corrected chi connectivity index (χ2v) is 4.11. The largest absolute Gasteiger partial charge is 0.497 e. The van der Waals surface area contributed by atoms with Gasteiger partial charge in [0.25, 0.3) is 0 Å². The van der Waals surface area contributed by atoms with Crippen LogP contribution in [0.25, 0.3) is 0 Å². The van der Waals surface area contributed by atoms with Gasteiger partial charge in [0.1, 0.15) is 12.4 Å². The van der Waals surface area contributed by atoms with Gasteiger partial charge >= 0.3 is 5.97 Å². The van der Waals surface area contributed by atoms with E-state index in [9.17, 15) is 4.79 Å². The zero-order chi connectivity index (χ0) is 13.0. The molecule has 1 aliphatic heterocycles. The molecule has 1 aliphatic rings. The molecule has 0 amide bonds. The van der Waals surface area contributed by atoms with E-state index in [0.717, 1.165) is 11.3 Å². The Hall–Kier alpha value is -2.04. The summed E-state index contributed by atoms with van der Waals surface area (Å²) in [5.74, 6) is 0.557. The van der Waals surface area contributed by atoms with E-state index >= 15 is 0 Å². The minimum Gasteiger partial charge on any atom is -0.497 e. The molecular formula is C13H15NO4. The van der Waals surface area contributed by atoms with Crippen LogP contribution in [0.4, 0.5) is 0 Å². The summed E-state index contributed by atoms with van der Waals surface area (Å²) in [5.41, 5.74) is 1.06. The maximum Gasteiger partial charge on any atom is 0.305 e. The third-order valence-corrected chi connectivity index (χ3v) is 2.69. The summed E-state index contributed by atoms with van der Waals surface area (Å²) in [5, 5.41) is 8.67. The number of carbonyl (C=O) groups is 1. The number of methoxy groups -OCH3 is 1. The minimum absolute atomic E-state index is 0.0200. The Morgan fingerprint density at radius 3 is 2.83 bits per heavy atom. The number of nitrogens with zero attached hydrogens (tertiary/aromatic N) is 1. The number of hydrogen-bond acceptors (Lipinski definition) is 4. The van der Waals surface area contributed by atoms with Crippen LogP contribution in [-0.2, 0) is 16.0 Å². The number of rotatable bonds is 5. The summed E-state index contributed by atoms with van der Waals surface area (Å²) in [7, 11) is 1.62. The van der Waals surface area contributed by atoms with Crippen molar-refractivity contribution in [2.75, 3.05) is 13.7 Å². The van der Waals surface area contributed by atoms with Gasteiger partial charge in [0.15, 0.2) is 5.90 Å². The highest BCUT2D eigenvalue weighted by molar-refractivity contribution is 5.81. The molecule has 1 unspecified atom stereocenters. The minimum atomic E-state index is -0.849. The zero-order valence-corrected chi connectivity index (χ0v) is 10.1. The van der Waals surface area contributed by atoms with Crippen LogP contribution in [0.15, 0.2) is 29.3 Å². The molecule has 18 heavy (non-hydrogen) atoms. The molecule has 0 spiro atoms. The molecular weight excluding hydrogens is 234 g/mol.